The molecule has 138 valence electrons. The number of hydrogen-bond donors (Lipinski definition) is 0. The quantitative estimate of drug-likeness (QED) is 0.814. The van der Waals surface area contributed by atoms with Crippen molar-refractivity contribution in [1.82, 2.24) is 14.9 Å². The zero-order valence-electron chi connectivity index (χ0n) is 16.3. The van der Waals surface area contributed by atoms with Crippen LogP contribution in [0.4, 0.5) is 0 Å². The highest BCUT2D eigenvalue weighted by atomic mass is 16.2. The lowest BCUT2D eigenvalue weighted by molar-refractivity contribution is -0.136. The summed E-state index contributed by atoms with van der Waals surface area (Å²) in [5.74, 6) is 1.44. The molecule has 0 radical (unpaired) electrons. The lowest BCUT2D eigenvalue weighted by Gasteiger charge is -2.34. The molecule has 0 saturated carbocycles. The molecular weight excluding hydrogens is 322 g/mol. The Morgan fingerprint density at radius 1 is 1.35 bits per heavy atom. The summed E-state index contributed by atoms with van der Waals surface area (Å²) in [7, 11) is 0. The fourth-order valence-corrected chi connectivity index (χ4v) is 3.72. The number of aryl methyl sites for hydroxylation is 2. The number of piperidine rings is 1. The lowest BCUT2D eigenvalue weighted by atomic mass is 9.89. The van der Waals surface area contributed by atoms with Gasteiger partial charge in [-0.25, -0.2) is 9.97 Å². The van der Waals surface area contributed by atoms with E-state index in [9.17, 15) is 4.79 Å². The number of nitrogens with zero attached hydrogens (tertiary/aromatic N) is 3. The SMILES string of the molecule is CC[C@@H](C)C(=O)N1CCC[C@H](c2nc(C)ncc2-c2cccc(C)c2)C1. The third-order valence-electron chi connectivity index (χ3n) is 5.42. The number of benzene rings is 1. The second-order valence-corrected chi connectivity index (χ2v) is 7.52. The van der Waals surface area contributed by atoms with Crippen LogP contribution in [0.3, 0.4) is 0 Å². The van der Waals surface area contributed by atoms with Crippen molar-refractivity contribution < 1.29 is 4.79 Å². The van der Waals surface area contributed by atoms with Gasteiger partial charge in [0.1, 0.15) is 5.82 Å². The Morgan fingerprint density at radius 3 is 2.88 bits per heavy atom. The first-order chi connectivity index (χ1) is 12.5. The van der Waals surface area contributed by atoms with Gasteiger partial charge >= 0.3 is 0 Å². The van der Waals surface area contributed by atoms with Crippen LogP contribution in [0.1, 0.15) is 56.1 Å². The minimum Gasteiger partial charge on any atom is -0.342 e. The van der Waals surface area contributed by atoms with Gasteiger partial charge in [-0.1, -0.05) is 43.7 Å². The fourth-order valence-electron chi connectivity index (χ4n) is 3.72. The highest BCUT2D eigenvalue weighted by Crippen LogP contribution is 2.33. The Balaban J connectivity index is 1.93. The van der Waals surface area contributed by atoms with Gasteiger partial charge in [-0.15, -0.1) is 0 Å². The van der Waals surface area contributed by atoms with Crippen LogP contribution in [0.2, 0.25) is 0 Å². The Morgan fingerprint density at radius 2 is 2.15 bits per heavy atom. The van der Waals surface area contributed by atoms with E-state index in [0.29, 0.717) is 0 Å². The van der Waals surface area contributed by atoms with Crippen LogP contribution >= 0.6 is 0 Å². The Hall–Kier alpha value is -2.23. The predicted molar refractivity (Wildman–Crippen MR) is 105 cm³/mol. The molecule has 4 heteroatoms. The van der Waals surface area contributed by atoms with E-state index in [1.807, 2.05) is 24.9 Å². The topological polar surface area (TPSA) is 46.1 Å². The number of rotatable bonds is 4. The minimum absolute atomic E-state index is 0.0946. The van der Waals surface area contributed by atoms with E-state index < -0.39 is 0 Å². The second-order valence-electron chi connectivity index (χ2n) is 7.52. The average Bonchev–Trinajstić information content (AvgIpc) is 2.66. The van der Waals surface area contributed by atoms with Crippen LogP contribution in [0.5, 0.6) is 0 Å². The summed E-state index contributed by atoms with van der Waals surface area (Å²) < 4.78 is 0. The first kappa shape index (κ1) is 18.6. The average molecular weight is 351 g/mol. The summed E-state index contributed by atoms with van der Waals surface area (Å²) in [6.45, 7) is 9.77. The molecule has 0 spiro atoms. The van der Waals surface area contributed by atoms with Crippen molar-refractivity contribution in [3.8, 4) is 11.1 Å². The lowest BCUT2D eigenvalue weighted by Crippen LogP contribution is -2.42. The molecule has 4 nitrogen and oxygen atoms in total. The number of carbonyl (C=O) groups is 1. The molecule has 1 aliphatic rings. The molecule has 2 atom stereocenters. The monoisotopic (exact) mass is 351 g/mol. The molecule has 1 aromatic carbocycles. The molecule has 0 aliphatic carbocycles. The highest BCUT2D eigenvalue weighted by molar-refractivity contribution is 5.78. The number of carbonyl (C=O) groups excluding carboxylic acids is 1. The van der Waals surface area contributed by atoms with Crippen LogP contribution in [0.25, 0.3) is 11.1 Å². The summed E-state index contributed by atoms with van der Waals surface area (Å²) in [6.07, 6.45) is 4.94. The summed E-state index contributed by atoms with van der Waals surface area (Å²) in [5.41, 5.74) is 4.57. The van der Waals surface area contributed by atoms with Gasteiger partial charge in [0.25, 0.3) is 0 Å². The minimum atomic E-state index is 0.0946. The summed E-state index contributed by atoms with van der Waals surface area (Å²) in [6, 6.07) is 8.48. The van der Waals surface area contributed by atoms with E-state index in [-0.39, 0.29) is 17.7 Å². The van der Waals surface area contributed by atoms with Gasteiger partial charge in [0.15, 0.2) is 0 Å². The third-order valence-corrected chi connectivity index (χ3v) is 5.42. The first-order valence-corrected chi connectivity index (χ1v) is 9.69. The molecule has 26 heavy (non-hydrogen) atoms. The van der Waals surface area contributed by atoms with Gasteiger partial charge in [0.2, 0.25) is 5.91 Å². The van der Waals surface area contributed by atoms with Crippen LogP contribution in [-0.2, 0) is 4.79 Å². The number of likely N-dealkylation sites (tertiary alicyclic amines) is 1. The standard InChI is InChI=1S/C22H29N3O/c1-5-16(3)22(26)25-11-7-10-19(14-25)21-20(13-23-17(4)24-21)18-9-6-8-15(2)12-18/h6,8-9,12-13,16,19H,5,7,10-11,14H2,1-4H3/t16-,19+/m1/s1. The predicted octanol–water partition coefficient (Wildman–Crippen LogP) is 4.51. The molecule has 1 aromatic heterocycles. The smallest absolute Gasteiger partial charge is 0.225 e. The number of hydrogen-bond acceptors (Lipinski definition) is 3. The van der Waals surface area contributed by atoms with Gasteiger partial charge in [-0.3, -0.25) is 4.79 Å². The van der Waals surface area contributed by atoms with Crippen molar-refractivity contribution in [2.24, 2.45) is 5.92 Å². The normalized spacial score (nSPS) is 18.6. The second kappa shape index (κ2) is 7.98. The number of amides is 1. The van der Waals surface area contributed by atoms with Crippen molar-refractivity contribution in [2.45, 2.75) is 52.9 Å². The summed E-state index contributed by atoms with van der Waals surface area (Å²) in [4.78, 5) is 24.0. The zero-order chi connectivity index (χ0) is 18.7. The highest BCUT2D eigenvalue weighted by Gasteiger charge is 2.29. The maximum absolute atomic E-state index is 12.7. The van der Waals surface area contributed by atoms with Gasteiger partial charge in [0.05, 0.1) is 5.69 Å². The summed E-state index contributed by atoms with van der Waals surface area (Å²) >= 11 is 0. The molecule has 0 bridgehead atoms. The van der Waals surface area contributed by atoms with Gasteiger partial charge in [-0.05, 0) is 38.7 Å². The molecule has 3 rings (SSSR count). The Bertz CT molecular complexity index is 787. The molecule has 2 heterocycles. The molecule has 2 aromatic rings. The van der Waals surface area contributed by atoms with Crippen molar-refractivity contribution in [1.29, 1.82) is 0 Å². The van der Waals surface area contributed by atoms with Crippen molar-refractivity contribution in [3.05, 3.63) is 47.5 Å². The van der Waals surface area contributed by atoms with Crippen molar-refractivity contribution in [3.63, 3.8) is 0 Å². The van der Waals surface area contributed by atoms with Crippen LogP contribution in [0, 0.1) is 19.8 Å². The van der Waals surface area contributed by atoms with E-state index >= 15 is 0 Å². The molecule has 1 amide bonds. The van der Waals surface area contributed by atoms with Gasteiger partial charge < -0.3 is 4.90 Å². The summed E-state index contributed by atoms with van der Waals surface area (Å²) in [5, 5.41) is 0. The molecule has 1 aliphatic heterocycles. The largest absolute Gasteiger partial charge is 0.342 e. The van der Waals surface area contributed by atoms with E-state index in [1.54, 1.807) is 0 Å². The molecular formula is C22H29N3O. The van der Waals surface area contributed by atoms with Crippen molar-refractivity contribution in [2.75, 3.05) is 13.1 Å². The van der Waals surface area contributed by atoms with Crippen molar-refractivity contribution >= 4 is 5.91 Å². The van der Waals surface area contributed by atoms with Crippen LogP contribution in [-0.4, -0.2) is 33.9 Å². The van der Waals surface area contributed by atoms with Gasteiger partial charge in [0, 0.05) is 36.7 Å². The molecule has 0 unspecified atom stereocenters. The number of aromatic nitrogens is 2. The fraction of sp³-hybridized carbons (Fsp3) is 0.500. The maximum atomic E-state index is 12.7. The molecule has 0 N–H and O–H groups in total. The van der Waals surface area contributed by atoms with Gasteiger partial charge in [-0.2, -0.15) is 0 Å². The molecule has 1 fully saturated rings. The zero-order valence-corrected chi connectivity index (χ0v) is 16.3. The van der Waals surface area contributed by atoms with E-state index in [0.717, 1.165) is 55.0 Å². The van der Waals surface area contributed by atoms with Crippen LogP contribution in [0.15, 0.2) is 30.5 Å². The van der Waals surface area contributed by atoms with E-state index in [4.69, 9.17) is 4.98 Å². The van der Waals surface area contributed by atoms with Crippen LogP contribution < -0.4 is 0 Å². The first-order valence-electron chi connectivity index (χ1n) is 9.69. The molecule has 1 saturated heterocycles. The van der Waals surface area contributed by atoms with E-state index in [1.165, 1.54) is 5.56 Å². The maximum Gasteiger partial charge on any atom is 0.225 e. The third kappa shape index (κ3) is 3.95. The van der Waals surface area contributed by atoms with E-state index in [2.05, 4.69) is 43.1 Å². The Kier molecular flexibility index (Phi) is 5.70. The Labute approximate surface area is 156 Å².